The van der Waals surface area contributed by atoms with Gasteiger partial charge in [0.2, 0.25) is 0 Å². The third-order valence-electron chi connectivity index (χ3n) is 3.71. The summed E-state index contributed by atoms with van der Waals surface area (Å²) in [6, 6.07) is 6.09. The molecule has 0 aromatic carbocycles. The number of hydrogen-bond acceptors (Lipinski definition) is 3. The number of pyridine rings is 1. The van der Waals surface area contributed by atoms with E-state index in [9.17, 15) is 4.79 Å². The number of hydrogen-bond donors (Lipinski definition) is 0. The standard InChI is InChI=1S/C16H25N2O3.C2H6/c1-15(2,3)21-14(19)18-11-16(12-18,20-5)10-13-8-6-7-9-17(13)4;1-2/h6-9H,10-12H2,1-5H3;1-2H3/q+1;. The first kappa shape index (κ1) is 19.4. The van der Waals surface area contributed by atoms with Crippen LogP contribution >= 0.6 is 0 Å². The average molecular weight is 323 g/mol. The molecule has 0 N–H and O–H groups in total. The predicted octanol–water partition coefficient (Wildman–Crippen LogP) is 2.72. The Morgan fingerprint density at radius 3 is 2.39 bits per heavy atom. The summed E-state index contributed by atoms with van der Waals surface area (Å²) < 4.78 is 13.1. The molecule has 2 heterocycles. The maximum absolute atomic E-state index is 12.0. The van der Waals surface area contributed by atoms with Crippen molar-refractivity contribution < 1.29 is 18.8 Å². The lowest BCUT2D eigenvalue weighted by Crippen LogP contribution is -2.66. The minimum absolute atomic E-state index is 0.271. The zero-order valence-electron chi connectivity index (χ0n) is 15.5. The summed E-state index contributed by atoms with van der Waals surface area (Å²) in [5, 5.41) is 0. The van der Waals surface area contributed by atoms with Gasteiger partial charge in [-0.05, 0) is 20.8 Å². The van der Waals surface area contributed by atoms with Crippen molar-refractivity contribution in [3.05, 3.63) is 30.1 Å². The van der Waals surface area contributed by atoms with Crippen LogP contribution in [0.1, 0.15) is 40.3 Å². The quantitative estimate of drug-likeness (QED) is 0.803. The normalized spacial score (nSPS) is 16.0. The first-order chi connectivity index (χ1) is 10.7. The monoisotopic (exact) mass is 323 g/mol. The summed E-state index contributed by atoms with van der Waals surface area (Å²) in [6.45, 7) is 10.7. The molecule has 1 amide bonds. The predicted molar refractivity (Wildman–Crippen MR) is 90.2 cm³/mol. The van der Waals surface area contributed by atoms with Crippen LogP contribution in [0.25, 0.3) is 0 Å². The van der Waals surface area contributed by atoms with Gasteiger partial charge in [-0.15, -0.1) is 0 Å². The Morgan fingerprint density at radius 2 is 1.91 bits per heavy atom. The molecule has 0 saturated carbocycles. The van der Waals surface area contributed by atoms with Crippen molar-refractivity contribution >= 4 is 6.09 Å². The molecule has 1 saturated heterocycles. The molecule has 0 aliphatic carbocycles. The fourth-order valence-corrected chi connectivity index (χ4v) is 2.49. The van der Waals surface area contributed by atoms with Crippen LogP contribution in [0.4, 0.5) is 4.79 Å². The highest BCUT2D eigenvalue weighted by Gasteiger charge is 2.48. The first-order valence-electron chi connectivity index (χ1n) is 8.21. The maximum Gasteiger partial charge on any atom is 0.410 e. The Hall–Kier alpha value is -1.62. The summed E-state index contributed by atoms with van der Waals surface area (Å²) in [7, 11) is 3.72. The molecule has 0 atom stereocenters. The number of carbonyl (C=O) groups excluding carboxylic acids is 1. The van der Waals surface area contributed by atoms with Crippen LogP contribution in [-0.4, -0.2) is 42.4 Å². The highest BCUT2D eigenvalue weighted by atomic mass is 16.6. The van der Waals surface area contributed by atoms with Gasteiger partial charge >= 0.3 is 6.09 Å². The number of nitrogens with zero attached hydrogens (tertiary/aromatic N) is 2. The van der Waals surface area contributed by atoms with Gasteiger partial charge in [0.1, 0.15) is 18.2 Å². The number of amides is 1. The molecule has 1 aromatic rings. The fraction of sp³-hybridized carbons (Fsp3) is 0.667. The van der Waals surface area contributed by atoms with Crippen LogP contribution < -0.4 is 4.57 Å². The molecule has 1 aliphatic rings. The molecule has 2 rings (SSSR count). The van der Waals surface area contributed by atoms with Crippen molar-refractivity contribution in [2.75, 3.05) is 20.2 Å². The van der Waals surface area contributed by atoms with E-state index < -0.39 is 5.60 Å². The topological polar surface area (TPSA) is 42.7 Å². The Labute approximate surface area is 140 Å². The van der Waals surface area contributed by atoms with E-state index in [1.807, 2.05) is 60.0 Å². The van der Waals surface area contributed by atoms with Crippen molar-refractivity contribution in [1.29, 1.82) is 0 Å². The molecule has 0 bridgehead atoms. The molecular formula is C18H31N2O3+. The van der Waals surface area contributed by atoms with Gasteiger partial charge in [-0.3, -0.25) is 0 Å². The molecule has 23 heavy (non-hydrogen) atoms. The molecule has 5 nitrogen and oxygen atoms in total. The minimum atomic E-state index is -0.464. The van der Waals surface area contributed by atoms with E-state index in [-0.39, 0.29) is 11.7 Å². The Kier molecular flexibility index (Phi) is 6.57. The summed E-state index contributed by atoms with van der Waals surface area (Å²) >= 11 is 0. The highest BCUT2D eigenvalue weighted by molar-refractivity contribution is 5.69. The molecule has 1 aliphatic heterocycles. The lowest BCUT2D eigenvalue weighted by atomic mass is 9.88. The van der Waals surface area contributed by atoms with E-state index in [4.69, 9.17) is 9.47 Å². The van der Waals surface area contributed by atoms with E-state index in [2.05, 4.69) is 10.6 Å². The largest absolute Gasteiger partial charge is 0.444 e. The second-order valence-corrected chi connectivity index (χ2v) is 6.70. The maximum atomic E-state index is 12.0. The van der Waals surface area contributed by atoms with Crippen LogP contribution in [0.3, 0.4) is 0 Å². The second kappa shape index (κ2) is 7.77. The fourth-order valence-electron chi connectivity index (χ4n) is 2.49. The zero-order chi connectivity index (χ0) is 17.7. The molecule has 0 radical (unpaired) electrons. The van der Waals surface area contributed by atoms with Gasteiger partial charge in [0.15, 0.2) is 11.9 Å². The van der Waals surface area contributed by atoms with E-state index >= 15 is 0 Å². The number of likely N-dealkylation sites (tertiary alicyclic amines) is 1. The van der Waals surface area contributed by atoms with E-state index in [1.54, 1.807) is 12.0 Å². The summed E-state index contributed by atoms with van der Waals surface area (Å²) in [5.41, 5.74) is 0.410. The first-order valence-corrected chi connectivity index (χ1v) is 8.21. The van der Waals surface area contributed by atoms with E-state index in [0.29, 0.717) is 13.1 Å². The second-order valence-electron chi connectivity index (χ2n) is 6.70. The smallest absolute Gasteiger partial charge is 0.410 e. The molecule has 130 valence electrons. The van der Waals surface area contributed by atoms with Gasteiger partial charge in [0.25, 0.3) is 0 Å². The Bertz CT molecular complexity index is 517. The van der Waals surface area contributed by atoms with Crippen molar-refractivity contribution in [2.24, 2.45) is 7.05 Å². The lowest BCUT2D eigenvalue weighted by molar-refractivity contribution is -0.680. The Balaban J connectivity index is 0.00000127. The SMILES string of the molecule is CC.COC1(Cc2cccc[n+]2C)CN(C(=O)OC(C)(C)C)C1. The summed E-state index contributed by atoms with van der Waals surface area (Å²) in [4.78, 5) is 13.7. The molecule has 0 unspecified atom stereocenters. The third-order valence-corrected chi connectivity index (χ3v) is 3.71. The highest BCUT2D eigenvalue weighted by Crippen LogP contribution is 2.29. The van der Waals surface area contributed by atoms with Crippen molar-refractivity contribution in [1.82, 2.24) is 4.90 Å². The molecule has 0 spiro atoms. The number of methoxy groups -OCH3 is 1. The number of aromatic nitrogens is 1. The van der Waals surface area contributed by atoms with Gasteiger partial charge in [0, 0.05) is 19.2 Å². The molecule has 1 aromatic heterocycles. The van der Waals surface area contributed by atoms with Crippen LogP contribution in [0.15, 0.2) is 24.4 Å². The average Bonchev–Trinajstić information content (AvgIpc) is 2.44. The van der Waals surface area contributed by atoms with Gasteiger partial charge < -0.3 is 14.4 Å². The molecule has 5 heteroatoms. The van der Waals surface area contributed by atoms with Crippen molar-refractivity contribution in [2.45, 2.75) is 52.2 Å². The van der Waals surface area contributed by atoms with Gasteiger partial charge in [-0.2, -0.15) is 0 Å². The molecular weight excluding hydrogens is 292 g/mol. The number of rotatable bonds is 3. The van der Waals surface area contributed by atoms with Crippen LogP contribution in [0, 0.1) is 0 Å². The van der Waals surface area contributed by atoms with Gasteiger partial charge in [-0.1, -0.05) is 19.9 Å². The van der Waals surface area contributed by atoms with Gasteiger partial charge in [-0.25, -0.2) is 9.36 Å². The summed E-state index contributed by atoms with van der Waals surface area (Å²) in [6.07, 6.45) is 2.52. The summed E-state index contributed by atoms with van der Waals surface area (Å²) in [5.74, 6) is 0. The van der Waals surface area contributed by atoms with Crippen LogP contribution in [-0.2, 0) is 22.9 Å². The number of carbonyl (C=O) groups is 1. The van der Waals surface area contributed by atoms with Crippen LogP contribution in [0.5, 0.6) is 0 Å². The van der Waals surface area contributed by atoms with Crippen molar-refractivity contribution in [3.63, 3.8) is 0 Å². The number of ether oxygens (including phenoxy) is 2. The van der Waals surface area contributed by atoms with Crippen LogP contribution in [0.2, 0.25) is 0 Å². The lowest BCUT2D eigenvalue weighted by Gasteiger charge is -2.48. The Morgan fingerprint density at radius 1 is 1.30 bits per heavy atom. The van der Waals surface area contributed by atoms with E-state index in [0.717, 1.165) is 6.42 Å². The van der Waals surface area contributed by atoms with Gasteiger partial charge in [0.05, 0.1) is 19.5 Å². The minimum Gasteiger partial charge on any atom is -0.444 e. The number of aryl methyl sites for hydroxylation is 1. The third kappa shape index (κ3) is 5.20. The zero-order valence-corrected chi connectivity index (χ0v) is 15.5. The van der Waals surface area contributed by atoms with Crippen molar-refractivity contribution in [3.8, 4) is 0 Å². The molecule has 1 fully saturated rings. The van der Waals surface area contributed by atoms with E-state index in [1.165, 1.54) is 5.69 Å².